The number of fused-ring (bicyclic) bond motifs is 3. The minimum atomic E-state index is -0.517. The number of ether oxygens (including phenoxy) is 4. The molecule has 1 aliphatic rings. The Morgan fingerprint density at radius 1 is 1.18 bits per heavy atom. The molecule has 0 fully saturated rings. The van der Waals surface area contributed by atoms with Crippen molar-refractivity contribution in [1.29, 1.82) is 0 Å². The van der Waals surface area contributed by atoms with Crippen molar-refractivity contribution >= 4 is 12.2 Å². The number of para-hydroxylation sites is 1. The third kappa shape index (κ3) is 5.72. The highest BCUT2D eigenvalue weighted by Gasteiger charge is 2.35. The molecular formula is C30H37N5O5. The van der Waals surface area contributed by atoms with Crippen LogP contribution in [0.25, 0.3) is 5.69 Å². The number of hydrogen-bond donors (Lipinski definition) is 1. The molecule has 0 bridgehead atoms. The molecule has 2 heterocycles. The van der Waals surface area contributed by atoms with E-state index < -0.39 is 18.2 Å². The number of rotatable bonds is 10. The largest absolute Gasteiger partial charge is 0.493 e. The summed E-state index contributed by atoms with van der Waals surface area (Å²) in [6, 6.07) is 12.1. The van der Waals surface area contributed by atoms with Crippen molar-refractivity contribution in [2.24, 2.45) is 10.7 Å². The van der Waals surface area contributed by atoms with Gasteiger partial charge in [0.25, 0.3) is 0 Å². The molecule has 0 aliphatic carbocycles. The number of esters is 1. The second-order valence-corrected chi connectivity index (χ2v) is 9.72. The molecule has 2 N–H and O–H groups in total. The predicted molar refractivity (Wildman–Crippen MR) is 152 cm³/mol. The van der Waals surface area contributed by atoms with Crippen molar-refractivity contribution in [3.8, 4) is 17.2 Å². The lowest BCUT2D eigenvalue weighted by Crippen LogP contribution is -2.14. The predicted octanol–water partition coefficient (Wildman–Crippen LogP) is 4.74. The molecule has 0 spiro atoms. The number of aromatic nitrogens is 3. The summed E-state index contributed by atoms with van der Waals surface area (Å²) < 4.78 is 25.5. The van der Waals surface area contributed by atoms with Gasteiger partial charge in [0.1, 0.15) is 18.0 Å². The van der Waals surface area contributed by atoms with E-state index in [2.05, 4.69) is 58.7 Å². The maximum absolute atomic E-state index is 12.1. The van der Waals surface area contributed by atoms with Gasteiger partial charge in [-0.2, -0.15) is 0 Å². The second kappa shape index (κ2) is 12.8. The van der Waals surface area contributed by atoms with E-state index in [9.17, 15) is 4.79 Å². The zero-order chi connectivity index (χ0) is 28.8. The highest BCUT2D eigenvalue weighted by atomic mass is 16.5. The first kappa shape index (κ1) is 28.8. The molecule has 10 heteroatoms. The third-order valence-electron chi connectivity index (χ3n) is 6.68. The highest BCUT2D eigenvalue weighted by Crippen LogP contribution is 2.46. The molecule has 4 rings (SSSR count). The molecule has 212 valence electrons. The number of carbonyl (C=O) groups is 1. The van der Waals surface area contributed by atoms with Crippen LogP contribution in [0, 0.1) is 6.92 Å². The maximum Gasteiger partial charge on any atom is 0.341 e. The summed E-state index contributed by atoms with van der Waals surface area (Å²) in [5, 5.41) is 9.15. The molecule has 1 unspecified atom stereocenters. The van der Waals surface area contributed by atoms with Crippen LogP contribution in [-0.4, -0.2) is 54.3 Å². The molecule has 1 aliphatic heterocycles. The molecule has 0 radical (unpaired) electrons. The first-order valence-corrected chi connectivity index (χ1v) is 13.4. The van der Waals surface area contributed by atoms with Crippen LogP contribution in [0.4, 0.5) is 0 Å². The minimum absolute atomic E-state index is 0.124. The fourth-order valence-corrected chi connectivity index (χ4v) is 4.81. The molecule has 3 aromatic rings. The Morgan fingerprint density at radius 3 is 2.65 bits per heavy atom. The van der Waals surface area contributed by atoms with E-state index in [1.54, 1.807) is 21.1 Å². The number of aliphatic imine (C=N–C) groups is 1. The molecule has 0 saturated heterocycles. The van der Waals surface area contributed by atoms with Crippen molar-refractivity contribution in [2.75, 3.05) is 27.4 Å². The van der Waals surface area contributed by atoms with E-state index in [-0.39, 0.29) is 18.1 Å². The van der Waals surface area contributed by atoms with Crippen LogP contribution in [0.5, 0.6) is 11.5 Å². The summed E-state index contributed by atoms with van der Waals surface area (Å²) in [4.78, 5) is 16.5. The number of benzene rings is 2. The van der Waals surface area contributed by atoms with Crippen molar-refractivity contribution in [1.82, 2.24) is 14.8 Å². The number of carbonyl (C=O) groups excluding carboxylic acids is 1. The number of methoxy groups -OCH3 is 2. The quantitative estimate of drug-likeness (QED) is 0.219. The Balaban J connectivity index is 1.80. The van der Waals surface area contributed by atoms with Gasteiger partial charge >= 0.3 is 5.97 Å². The van der Waals surface area contributed by atoms with E-state index in [1.807, 2.05) is 18.2 Å². The molecule has 2 aromatic carbocycles. The molecule has 10 nitrogen and oxygen atoms in total. The van der Waals surface area contributed by atoms with Gasteiger partial charge in [-0.1, -0.05) is 43.7 Å². The highest BCUT2D eigenvalue weighted by molar-refractivity contribution is 6.09. The summed E-state index contributed by atoms with van der Waals surface area (Å²) in [7, 11) is 3.24. The van der Waals surface area contributed by atoms with E-state index >= 15 is 0 Å². The third-order valence-corrected chi connectivity index (χ3v) is 6.68. The van der Waals surface area contributed by atoms with Crippen LogP contribution >= 0.6 is 0 Å². The van der Waals surface area contributed by atoms with Crippen molar-refractivity contribution in [2.45, 2.75) is 52.2 Å². The summed E-state index contributed by atoms with van der Waals surface area (Å²) in [6.45, 7) is 8.58. The number of hydrogen-bond acceptors (Lipinski definition) is 9. The molecule has 0 amide bonds. The molecule has 40 heavy (non-hydrogen) atoms. The first-order chi connectivity index (χ1) is 19.3. The van der Waals surface area contributed by atoms with Crippen LogP contribution in [0.1, 0.15) is 73.7 Å². The molecular weight excluding hydrogens is 510 g/mol. The number of aryl methyl sites for hydroxylation is 1. The first-order valence-electron chi connectivity index (χ1n) is 13.4. The number of nitrogens with zero attached hydrogens (tertiary/aromatic N) is 4. The molecule has 2 atom stereocenters. The normalized spacial score (nSPS) is 16.9. The summed E-state index contributed by atoms with van der Waals surface area (Å²) >= 11 is 0. The average molecular weight is 548 g/mol. The van der Waals surface area contributed by atoms with Crippen molar-refractivity contribution in [3.05, 3.63) is 76.5 Å². The van der Waals surface area contributed by atoms with Gasteiger partial charge in [-0.25, -0.2) is 4.79 Å². The fraction of sp³-hybridized carbons (Fsp3) is 0.400. The van der Waals surface area contributed by atoms with Crippen molar-refractivity contribution < 1.29 is 23.7 Å². The Labute approximate surface area is 234 Å². The van der Waals surface area contributed by atoms with Gasteiger partial charge in [0.15, 0.2) is 17.3 Å². The zero-order valence-electron chi connectivity index (χ0n) is 23.9. The minimum Gasteiger partial charge on any atom is -0.493 e. The van der Waals surface area contributed by atoms with Crippen molar-refractivity contribution in [3.63, 3.8) is 0 Å². The maximum atomic E-state index is 12.1. The molecule has 1 aromatic heterocycles. The van der Waals surface area contributed by atoms with Crippen LogP contribution in [0.3, 0.4) is 0 Å². The van der Waals surface area contributed by atoms with Gasteiger partial charge in [-0.05, 0) is 26.0 Å². The van der Waals surface area contributed by atoms with E-state index in [0.717, 1.165) is 28.2 Å². The summed E-state index contributed by atoms with van der Waals surface area (Å²) in [5.41, 5.74) is 9.66. The van der Waals surface area contributed by atoms with Crippen LogP contribution in [0.2, 0.25) is 0 Å². The van der Waals surface area contributed by atoms with E-state index in [0.29, 0.717) is 30.3 Å². The monoisotopic (exact) mass is 547 g/mol. The number of nitrogens with two attached hydrogens (primary N) is 1. The van der Waals surface area contributed by atoms with Gasteiger partial charge < -0.3 is 24.7 Å². The standard InChI is InChI=1S/C30H37N5O5/c1-7-39-30(36)20(16-31)17-32-14-13-25-29-34-33-28(18(2)3)35(29)23-12-11-19(4)15-22(23)26(40-25)21-9-8-10-24(37-5)27(21)38-6/h8-12,15-18,25-26H,7,13-14,31H2,1-6H3/t25?,26-/m1/s1. The van der Waals surface area contributed by atoms with Gasteiger partial charge in [-0.3, -0.25) is 9.56 Å². The Kier molecular flexibility index (Phi) is 9.21. The Morgan fingerprint density at radius 2 is 1.98 bits per heavy atom. The Hall–Kier alpha value is -4.18. The fourth-order valence-electron chi connectivity index (χ4n) is 4.81. The SMILES string of the molecule is CCOC(=O)C(C=NCCC1O[C@H](c2cccc(OC)c2OC)c2cc(C)ccc2-n2c(C(C)C)nnc21)=CN. The average Bonchev–Trinajstić information content (AvgIpc) is 3.34. The van der Waals surface area contributed by atoms with Gasteiger partial charge in [0.05, 0.1) is 32.1 Å². The lowest BCUT2D eigenvalue weighted by molar-refractivity contribution is -0.137. The smallest absolute Gasteiger partial charge is 0.341 e. The van der Waals surface area contributed by atoms with Crippen LogP contribution in [-0.2, 0) is 14.3 Å². The van der Waals surface area contributed by atoms with Gasteiger partial charge in [-0.15, -0.1) is 10.2 Å². The second-order valence-electron chi connectivity index (χ2n) is 9.72. The lowest BCUT2D eigenvalue weighted by Gasteiger charge is -2.25. The van der Waals surface area contributed by atoms with E-state index in [4.69, 9.17) is 24.7 Å². The summed E-state index contributed by atoms with van der Waals surface area (Å²) in [5.74, 6) is 2.36. The van der Waals surface area contributed by atoms with E-state index in [1.165, 1.54) is 12.4 Å². The van der Waals surface area contributed by atoms with Crippen LogP contribution in [0.15, 0.2) is 53.2 Å². The lowest BCUT2D eigenvalue weighted by atomic mass is 9.96. The topological polar surface area (TPSA) is 123 Å². The van der Waals surface area contributed by atoms with Crippen LogP contribution < -0.4 is 15.2 Å². The van der Waals surface area contributed by atoms with Gasteiger partial charge in [0, 0.05) is 42.4 Å². The molecule has 0 saturated carbocycles. The summed E-state index contributed by atoms with van der Waals surface area (Å²) in [6.07, 6.45) is 2.13. The van der Waals surface area contributed by atoms with Gasteiger partial charge in [0.2, 0.25) is 0 Å². The Bertz CT molecular complexity index is 1410. The zero-order valence-corrected chi connectivity index (χ0v) is 23.9.